The molecule has 0 radical (unpaired) electrons. The monoisotopic (exact) mass is 526 g/mol. The molecule has 166 valence electrons. The molecule has 0 spiro atoms. The van der Waals surface area contributed by atoms with Crippen LogP contribution in [-0.4, -0.2) is 23.0 Å². The lowest BCUT2D eigenvalue weighted by Crippen LogP contribution is -2.54. The Hall–Kier alpha value is -3.62. The minimum absolute atomic E-state index is 0.0266. The standard InChI is InChI=1S/C24H16BrClN2O5/c25-20-4-2-1-3-14(20)13-33-21-10-5-16(26)11-15(21)12-19-22(30)27-24(32)28(23(19)31)17-6-8-18(29)9-7-17/h1-12,29H,13H2,(H,27,30,32)/b19-12+. The molecule has 0 unspecified atom stereocenters. The number of ether oxygens (including phenoxy) is 1. The van der Waals surface area contributed by atoms with Crippen molar-refractivity contribution < 1.29 is 24.2 Å². The number of carbonyl (C=O) groups excluding carboxylic acids is 3. The number of barbiturate groups is 1. The number of nitrogens with zero attached hydrogens (tertiary/aromatic N) is 1. The average Bonchev–Trinajstić information content (AvgIpc) is 2.78. The maximum atomic E-state index is 13.1. The highest BCUT2D eigenvalue weighted by molar-refractivity contribution is 9.10. The zero-order chi connectivity index (χ0) is 23.5. The van der Waals surface area contributed by atoms with E-state index in [0.29, 0.717) is 16.3 Å². The van der Waals surface area contributed by atoms with Crippen LogP contribution in [0.15, 0.2) is 76.8 Å². The van der Waals surface area contributed by atoms with Gasteiger partial charge in [-0.3, -0.25) is 14.9 Å². The lowest BCUT2D eigenvalue weighted by atomic mass is 10.1. The van der Waals surface area contributed by atoms with Gasteiger partial charge in [0.15, 0.2) is 0 Å². The van der Waals surface area contributed by atoms with Crippen LogP contribution in [0.3, 0.4) is 0 Å². The van der Waals surface area contributed by atoms with Gasteiger partial charge >= 0.3 is 6.03 Å². The molecule has 1 saturated heterocycles. The van der Waals surface area contributed by atoms with Gasteiger partial charge in [0, 0.05) is 20.6 Å². The Balaban J connectivity index is 1.68. The normalized spacial score (nSPS) is 15.0. The van der Waals surface area contributed by atoms with E-state index in [4.69, 9.17) is 16.3 Å². The van der Waals surface area contributed by atoms with Gasteiger partial charge in [-0.25, -0.2) is 9.69 Å². The van der Waals surface area contributed by atoms with Crippen molar-refractivity contribution >= 4 is 57.1 Å². The lowest BCUT2D eigenvalue weighted by Gasteiger charge is -2.26. The molecule has 9 heteroatoms. The van der Waals surface area contributed by atoms with Gasteiger partial charge < -0.3 is 9.84 Å². The van der Waals surface area contributed by atoms with Gasteiger partial charge in [-0.15, -0.1) is 0 Å². The van der Waals surface area contributed by atoms with Crippen LogP contribution in [0, 0.1) is 0 Å². The summed E-state index contributed by atoms with van der Waals surface area (Å²) in [5, 5.41) is 12.0. The van der Waals surface area contributed by atoms with Crippen molar-refractivity contribution in [2.45, 2.75) is 6.61 Å². The van der Waals surface area contributed by atoms with Crippen LogP contribution in [0.5, 0.6) is 11.5 Å². The molecule has 1 heterocycles. The van der Waals surface area contributed by atoms with Crippen molar-refractivity contribution in [2.75, 3.05) is 4.90 Å². The zero-order valence-electron chi connectivity index (χ0n) is 16.9. The van der Waals surface area contributed by atoms with Crippen LogP contribution in [-0.2, 0) is 16.2 Å². The number of rotatable bonds is 5. The van der Waals surface area contributed by atoms with Crippen LogP contribution in [0.2, 0.25) is 5.02 Å². The van der Waals surface area contributed by atoms with E-state index in [1.54, 1.807) is 18.2 Å². The Bertz CT molecular complexity index is 1290. The Morgan fingerprint density at radius 1 is 1.03 bits per heavy atom. The molecule has 4 rings (SSSR count). The minimum atomic E-state index is -0.885. The fraction of sp³-hybridized carbons (Fsp3) is 0.0417. The van der Waals surface area contributed by atoms with Gasteiger partial charge in [0.1, 0.15) is 23.7 Å². The number of urea groups is 1. The van der Waals surface area contributed by atoms with Crippen LogP contribution in [0.4, 0.5) is 10.5 Å². The second-order valence-electron chi connectivity index (χ2n) is 7.04. The Morgan fingerprint density at radius 2 is 1.76 bits per heavy atom. The van der Waals surface area contributed by atoms with Crippen molar-refractivity contribution in [1.29, 1.82) is 0 Å². The van der Waals surface area contributed by atoms with E-state index in [-0.39, 0.29) is 23.6 Å². The summed E-state index contributed by atoms with van der Waals surface area (Å²) in [6.45, 7) is 0.234. The fourth-order valence-corrected chi connectivity index (χ4v) is 3.76. The Kier molecular flexibility index (Phi) is 6.48. The van der Waals surface area contributed by atoms with Gasteiger partial charge in [0.2, 0.25) is 0 Å². The molecule has 3 aromatic rings. The number of phenols is 1. The largest absolute Gasteiger partial charge is 0.508 e. The number of aromatic hydroxyl groups is 1. The molecule has 2 N–H and O–H groups in total. The van der Waals surface area contributed by atoms with Gasteiger partial charge in [0.25, 0.3) is 11.8 Å². The third-order valence-electron chi connectivity index (χ3n) is 4.82. The Labute approximate surface area is 202 Å². The van der Waals surface area contributed by atoms with Crippen LogP contribution in [0.25, 0.3) is 6.08 Å². The number of hydrogen-bond acceptors (Lipinski definition) is 5. The van der Waals surface area contributed by atoms with E-state index in [9.17, 15) is 19.5 Å². The number of benzene rings is 3. The summed E-state index contributed by atoms with van der Waals surface area (Å²) < 4.78 is 6.81. The highest BCUT2D eigenvalue weighted by Gasteiger charge is 2.37. The molecule has 4 amide bonds. The van der Waals surface area contributed by atoms with E-state index >= 15 is 0 Å². The summed E-state index contributed by atoms with van der Waals surface area (Å²) in [6, 6.07) is 17.0. The second kappa shape index (κ2) is 9.48. The minimum Gasteiger partial charge on any atom is -0.508 e. The SMILES string of the molecule is O=C1NC(=O)N(c2ccc(O)cc2)C(=O)/C1=C/c1cc(Cl)ccc1OCc1ccccc1Br. The predicted octanol–water partition coefficient (Wildman–Crippen LogP) is 5.05. The maximum absolute atomic E-state index is 13.1. The smallest absolute Gasteiger partial charge is 0.335 e. The summed E-state index contributed by atoms with van der Waals surface area (Å²) in [5.74, 6) is -1.28. The van der Waals surface area contributed by atoms with Crippen molar-refractivity contribution in [3.05, 3.63) is 92.9 Å². The number of hydrogen-bond donors (Lipinski definition) is 2. The second-order valence-corrected chi connectivity index (χ2v) is 8.33. The molecule has 3 aromatic carbocycles. The lowest BCUT2D eigenvalue weighted by molar-refractivity contribution is -0.122. The molecule has 7 nitrogen and oxygen atoms in total. The van der Waals surface area contributed by atoms with Crippen molar-refractivity contribution in [3.8, 4) is 11.5 Å². The van der Waals surface area contributed by atoms with Crippen LogP contribution in [0.1, 0.15) is 11.1 Å². The molecular formula is C24H16BrClN2O5. The van der Waals surface area contributed by atoms with Crippen molar-refractivity contribution in [1.82, 2.24) is 5.32 Å². The first-order valence-corrected chi connectivity index (χ1v) is 10.9. The first-order chi connectivity index (χ1) is 15.8. The highest BCUT2D eigenvalue weighted by atomic mass is 79.9. The topological polar surface area (TPSA) is 95.9 Å². The molecule has 0 bridgehead atoms. The first-order valence-electron chi connectivity index (χ1n) is 9.70. The van der Waals surface area contributed by atoms with Crippen LogP contribution >= 0.6 is 27.5 Å². The van der Waals surface area contributed by atoms with Gasteiger partial charge in [0.05, 0.1) is 5.69 Å². The number of carbonyl (C=O) groups is 3. The predicted molar refractivity (Wildman–Crippen MR) is 127 cm³/mol. The quantitative estimate of drug-likeness (QED) is 0.357. The van der Waals surface area contributed by atoms with E-state index in [1.807, 2.05) is 24.3 Å². The summed E-state index contributed by atoms with van der Waals surface area (Å²) in [4.78, 5) is 38.8. The number of imide groups is 2. The molecule has 0 atom stereocenters. The number of phenolic OH excluding ortho intramolecular Hbond substituents is 1. The number of amides is 4. The molecule has 0 saturated carbocycles. The first kappa shape index (κ1) is 22.6. The van der Waals surface area contributed by atoms with Crippen molar-refractivity contribution in [2.24, 2.45) is 0 Å². The summed E-state index contributed by atoms with van der Waals surface area (Å²) in [7, 11) is 0. The van der Waals surface area contributed by atoms with E-state index < -0.39 is 17.8 Å². The van der Waals surface area contributed by atoms with Gasteiger partial charge in [-0.2, -0.15) is 0 Å². The van der Waals surface area contributed by atoms with E-state index in [2.05, 4.69) is 21.2 Å². The van der Waals surface area contributed by atoms with Crippen LogP contribution < -0.4 is 15.0 Å². The molecule has 1 aliphatic rings. The highest BCUT2D eigenvalue weighted by Crippen LogP contribution is 2.29. The third-order valence-corrected chi connectivity index (χ3v) is 5.83. The molecule has 1 aliphatic heterocycles. The van der Waals surface area contributed by atoms with E-state index in [1.165, 1.54) is 30.3 Å². The molecule has 33 heavy (non-hydrogen) atoms. The Morgan fingerprint density at radius 3 is 2.48 bits per heavy atom. The molecule has 0 aromatic heterocycles. The third kappa shape index (κ3) is 4.92. The molecular weight excluding hydrogens is 512 g/mol. The summed E-state index contributed by atoms with van der Waals surface area (Å²) in [6.07, 6.45) is 1.33. The molecule has 0 aliphatic carbocycles. The number of nitrogens with one attached hydrogen (secondary N) is 1. The van der Waals surface area contributed by atoms with Gasteiger partial charge in [-0.05, 0) is 54.6 Å². The fourth-order valence-electron chi connectivity index (χ4n) is 3.18. The van der Waals surface area contributed by atoms with E-state index in [0.717, 1.165) is 14.9 Å². The average molecular weight is 528 g/mol. The number of anilines is 1. The van der Waals surface area contributed by atoms with Gasteiger partial charge in [-0.1, -0.05) is 45.7 Å². The summed E-state index contributed by atoms with van der Waals surface area (Å²) >= 11 is 9.62. The summed E-state index contributed by atoms with van der Waals surface area (Å²) in [5.41, 5.74) is 1.23. The molecule has 1 fully saturated rings. The zero-order valence-corrected chi connectivity index (χ0v) is 19.3. The maximum Gasteiger partial charge on any atom is 0.335 e. The van der Waals surface area contributed by atoms with Crippen molar-refractivity contribution in [3.63, 3.8) is 0 Å². The number of halogens is 2.